The minimum atomic E-state index is -0.118. The standard InChI is InChI=1S/C23H31N3O2S/c1-6-17(3)26(23(28)24(4)5)15-21(27)25-13-11-20-19(12-14-29-20)22(25)18-9-7-16(2)8-10-18/h7-10,12,14,17,22H,6,11,13,15H2,1-5H3/t17-,22-/m0/s1. The van der Waals surface area contributed by atoms with E-state index in [4.69, 9.17) is 0 Å². The summed E-state index contributed by atoms with van der Waals surface area (Å²) in [6.07, 6.45) is 1.68. The molecule has 156 valence electrons. The molecule has 2 aromatic rings. The van der Waals surface area contributed by atoms with Gasteiger partial charge in [-0.05, 0) is 49.3 Å². The molecule has 5 nitrogen and oxygen atoms in total. The summed E-state index contributed by atoms with van der Waals surface area (Å²) in [6.45, 7) is 6.89. The van der Waals surface area contributed by atoms with Gasteiger partial charge in [0.2, 0.25) is 5.91 Å². The molecule has 1 aromatic heterocycles. The third-order valence-electron chi connectivity index (χ3n) is 5.74. The summed E-state index contributed by atoms with van der Waals surface area (Å²) < 4.78 is 0. The number of carbonyl (C=O) groups excluding carboxylic acids is 2. The van der Waals surface area contributed by atoms with Crippen molar-refractivity contribution in [3.8, 4) is 0 Å². The largest absolute Gasteiger partial charge is 0.331 e. The highest BCUT2D eigenvalue weighted by Gasteiger charge is 2.34. The number of nitrogens with zero attached hydrogens (tertiary/aromatic N) is 3. The number of benzene rings is 1. The van der Waals surface area contributed by atoms with E-state index >= 15 is 0 Å². The van der Waals surface area contributed by atoms with Crippen molar-refractivity contribution in [1.82, 2.24) is 14.7 Å². The molecule has 2 atom stereocenters. The Bertz CT molecular complexity index is 859. The number of amides is 3. The normalized spacial score (nSPS) is 16.9. The van der Waals surface area contributed by atoms with E-state index in [1.165, 1.54) is 16.0 Å². The number of thiophene rings is 1. The van der Waals surface area contributed by atoms with Crippen LogP contribution in [0.4, 0.5) is 4.79 Å². The maximum absolute atomic E-state index is 13.5. The van der Waals surface area contributed by atoms with Gasteiger partial charge in [-0.3, -0.25) is 4.79 Å². The van der Waals surface area contributed by atoms with Gasteiger partial charge in [-0.15, -0.1) is 11.3 Å². The fraction of sp³-hybridized carbons (Fsp3) is 0.478. The van der Waals surface area contributed by atoms with Gasteiger partial charge in [0.15, 0.2) is 0 Å². The molecule has 1 aromatic carbocycles. The van der Waals surface area contributed by atoms with Crippen LogP contribution in [0.1, 0.15) is 47.9 Å². The molecule has 0 fully saturated rings. The van der Waals surface area contributed by atoms with Crippen LogP contribution < -0.4 is 0 Å². The summed E-state index contributed by atoms with van der Waals surface area (Å²) in [5, 5.41) is 2.11. The van der Waals surface area contributed by atoms with Crippen LogP contribution in [0, 0.1) is 6.92 Å². The van der Waals surface area contributed by atoms with E-state index in [1.54, 1.807) is 35.2 Å². The van der Waals surface area contributed by atoms with Gasteiger partial charge in [-0.25, -0.2) is 4.79 Å². The second-order valence-electron chi connectivity index (χ2n) is 8.01. The lowest BCUT2D eigenvalue weighted by atomic mass is 9.92. The first-order chi connectivity index (χ1) is 13.8. The average Bonchev–Trinajstić information content (AvgIpc) is 3.19. The zero-order valence-corrected chi connectivity index (χ0v) is 18.8. The van der Waals surface area contributed by atoms with E-state index in [2.05, 4.69) is 42.6 Å². The van der Waals surface area contributed by atoms with Gasteiger partial charge >= 0.3 is 6.03 Å². The van der Waals surface area contributed by atoms with Crippen LogP contribution in [0.15, 0.2) is 35.7 Å². The Hall–Kier alpha value is -2.34. The van der Waals surface area contributed by atoms with Crippen molar-refractivity contribution in [2.45, 2.75) is 45.7 Å². The number of hydrogen-bond acceptors (Lipinski definition) is 3. The maximum atomic E-state index is 13.5. The molecule has 3 amide bonds. The topological polar surface area (TPSA) is 43.9 Å². The van der Waals surface area contributed by atoms with Crippen LogP contribution in [-0.2, 0) is 11.2 Å². The number of rotatable bonds is 5. The first-order valence-corrected chi connectivity index (χ1v) is 11.1. The van der Waals surface area contributed by atoms with E-state index in [0.29, 0.717) is 6.54 Å². The van der Waals surface area contributed by atoms with E-state index in [1.807, 2.05) is 18.7 Å². The van der Waals surface area contributed by atoms with Gasteiger partial charge < -0.3 is 14.7 Å². The van der Waals surface area contributed by atoms with Crippen molar-refractivity contribution in [3.05, 3.63) is 57.3 Å². The molecule has 0 unspecified atom stereocenters. The van der Waals surface area contributed by atoms with Gasteiger partial charge in [0.25, 0.3) is 0 Å². The number of urea groups is 1. The van der Waals surface area contributed by atoms with E-state index < -0.39 is 0 Å². The number of fused-ring (bicyclic) bond motifs is 1. The molecule has 0 radical (unpaired) electrons. The lowest BCUT2D eigenvalue weighted by Crippen LogP contribution is -2.51. The quantitative estimate of drug-likeness (QED) is 0.733. The van der Waals surface area contributed by atoms with Crippen molar-refractivity contribution < 1.29 is 9.59 Å². The number of aryl methyl sites for hydroxylation is 1. The van der Waals surface area contributed by atoms with E-state index in [0.717, 1.165) is 18.4 Å². The number of hydrogen-bond donors (Lipinski definition) is 0. The van der Waals surface area contributed by atoms with E-state index in [9.17, 15) is 9.59 Å². The molecule has 2 heterocycles. The molecule has 0 aliphatic carbocycles. The minimum Gasteiger partial charge on any atom is -0.331 e. The van der Waals surface area contributed by atoms with Crippen molar-refractivity contribution in [1.29, 1.82) is 0 Å². The average molecular weight is 414 g/mol. The first-order valence-electron chi connectivity index (χ1n) is 10.2. The Morgan fingerprint density at radius 2 is 1.90 bits per heavy atom. The second-order valence-corrected chi connectivity index (χ2v) is 9.01. The fourth-order valence-corrected chi connectivity index (χ4v) is 4.72. The Morgan fingerprint density at radius 3 is 2.52 bits per heavy atom. The van der Waals surface area contributed by atoms with Crippen molar-refractivity contribution in [3.63, 3.8) is 0 Å². The molecule has 1 aliphatic rings. The lowest BCUT2D eigenvalue weighted by Gasteiger charge is -2.39. The Balaban J connectivity index is 1.91. The molecule has 0 N–H and O–H groups in total. The SMILES string of the molecule is CC[C@H](C)N(CC(=O)N1CCc2sccc2[C@@H]1c1ccc(C)cc1)C(=O)N(C)C. The van der Waals surface area contributed by atoms with Crippen LogP contribution >= 0.6 is 11.3 Å². The second kappa shape index (κ2) is 8.99. The highest BCUT2D eigenvalue weighted by atomic mass is 32.1. The predicted octanol–water partition coefficient (Wildman–Crippen LogP) is 4.31. The van der Waals surface area contributed by atoms with Gasteiger partial charge in [-0.1, -0.05) is 36.8 Å². The molecule has 0 saturated heterocycles. The smallest absolute Gasteiger partial charge is 0.320 e. The third kappa shape index (κ3) is 4.47. The molecule has 0 saturated carbocycles. The molecule has 29 heavy (non-hydrogen) atoms. The highest BCUT2D eigenvalue weighted by molar-refractivity contribution is 7.10. The summed E-state index contributed by atoms with van der Waals surface area (Å²) in [5.41, 5.74) is 3.54. The molecular weight excluding hydrogens is 382 g/mol. The molecular formula is C23H31N3O2S. The van der Waals surface area contributed by atoms with E-state index in [-0.39, 0.29) is 30.6 Å². The van der Waals surface area contributed by atoms with Crippen molar-refractivity contribution in [2.24, 2.45) is 0 Å². The lowest BCUT2D eigenvalue weighted by molar-refractivity contribution is -0.134. The minimum absolute atomic E-state index is 0.00271. The molecule has 1 aliphatic heterocycles. The number of carbonyl (C=O) groups is 2. The van der Waals surface area contributed by atoms with Crippen LogP contribution in [0.3, 0.4) is 0 Å². The van der Waals surface area contributed by atoms with Gasteiger partial charge in [0, 0.05) is 31.6 Å². The summed E-state index contributed by atoms with van der Waals surface area (Å²) in [6, 6.07) is 10.4. The van der Waals surface area contributed by atoms with Crippen molar-refractivity contribution >= 4 is 23.3 Å². The molecule has 0 spiro atoms. The molecule has 6 heteroatoms. The van der Waals surface area contributed by atoms with Crippen LogP contribution in [0.25, 0.3) is 0 Å². The zero-order valence-electron chi connectivity index (χ0n) is 18.0. The Kier molecular flexibility index (Phi) is 6.63. The van der Waals surface area contributed by atoms with Crippen LogP contribution in [0.5, 0.6) is 0 Å². The summed E-state index contributed by atoms with van der Waals surface area (Å²) in [7, 11) is 3.46. The van der Waals surface area contributed by atoms with Crippen LogP contribution in [0.2, 0.25) is 0 Å². The first kappa shape index (κ1) is 21.4. The summed E-state index contributed by atoms with van der Waals surface area (Å²) >= 11 is 1.76. The molecule has 3 rings (SSSR count). The van der Waals surface area contributed by atoms with Gasteiger partial charge in [0.1, 0.15) is 6.54 Å². The van der Waals surface area contributed by atoms with Gasteiger partial charge in [-0.2, -0.15) is 0 Å². The Labute approximate surface area is 177 Å². The monoisotopic (exact) mass is 413 g/mol. The third-order valence-corrected chi connectivity index (χ3v) is 6.73. The van der Waals surface area contributed by atoms with Crippen molar-refractivity contribution in [2.75, 3.05) is 27.2 Å². The molecule has 0 bridgehead atoms. The predicted molar refractivity (Wildman–Crippen MR) is 118 cm³/mol. The fourth-order valence-electron chi connectivity index (χ4n) is 3.82. The highest BCUT2D eigenvalue weighted by Crippen LogP contribution is 2.38. The maximum Gasteiger partial charge on any atom is 0.320 e. The summed E-state index contributed by atoms with van der Waals surface area (Å²) in [5.74, 6) is 0.00271. The zero-order chi connectivity index (χ0) is 21.1. The Morgan fingerprint density at radius 1 is 1.21 bits per heavy atom. The van der Waals surface area contributed by atoms with Crippen LogP contribution in [-0.4, -0.2) is 59.9 Å². The van der Waals surface area contributed by atoms with Gasteiger partial charge in [0.05, 0.1) is 6.04 Å². The summed E-state index contributed by atoms with van der Waals surface area (Å²) in [4.78, 5) is 32.7.